The summed E-state index contributed by atoms with van der Waals surface area (Å²) in [6, 6.07) is 15.5. The lowest BCUT2D eigenvalue weighted by Gasteiger charge is -2.11. The number of carbonyl (C=O) groups is 1. The van der Waals surface area contributed by atoms with Crippen molar-refractivity contribution in [2.24, 2.45) is 0 Å². The fourth-order valence-corrected chi connectivity index (χ4v) is 3.77. The monoisotopic (exact) mass is 397 g/mol. The minimum absolute atomic E-state index is 0.310. The maximum atomic E-state index is 12.4. The number of nitrogens with one attached hydrogen (secondary N) is 2. The van der Waals surface area contributed by atoms with Gasteiger partial charge >= 0.3 is 5.97 Å². The molecule has 0 bridgehead atoms. The Bertz CT molecular complexity index is 955. The predicted octanol–water partition coefficient (Wildman–Crippen LogP) is 5.10. The molecular formula is C20H19N3O2S2. The minimum Gasteiger partial charge on any atom is -0.462 e. The molecule has 0 saturated heterocycles. The van der Waals surface area contributed by atoms with Crippen LogP contribution >= 0.6 is 23.6 Å². The number of ether oxygens (including phenoxy) is 1. The first kappa shape index (κ1) is 19.0. The molecule has 138 valence electrons. The number of pyridine rings is 1. The second kappa shape index (κ2) is 8.75. The fourth-order valence-electron chi connectivity index (χ4n) is 2.45. The van der Waals surface area contributed by atoms with Gasteiger partial charge < -0.3 is 15.4 Å². The Morgan fingerprint density at radius 2 is 1.96 bits per heavy atom. The molecule has 0 radical (unpaired) electrons. The number of thiocarbonyl (C=S) groups is 1. The molecule has 3 aromatic rings. The molecule has 5 nitrogen and oxygen atoms in total. The van der Waals surface area contributed by atoms with Gasteiger partial charge in [0, 0.05) is 11.1 Å². The van der Waals surface area contributed by atoms with Crippen LogP contribution in [-0.4, -0.2) is 22.7 Å². The first-order valence-electron chi connectivity index (χ1n) is 8.44. The smallest absolute Gasteiger partial charge is 0.341 e. The Morgan fingerprint density at radius 1 is 1.19 bits per heavy atom. The summed E-state index contributed by atoms with van der Waals surface area (Å²) in [5, 5.41) is 7.19. The van der Waals surface area contributed by atoms with Crippen LogP contribution in [0, 0.1) is 6.92 Å². The van der Waals surface area contributed by atoms with Crippen LogP contribution in [0.2, 0.25) is 0 Å². The van der Waals surface area contributed by atoms with E-state index in [1.807, 2.05) is 55.5 Å². The molecule has 0 saturated carbocycles. The zero-order valence-electron chi connectivity index (χ0n) is 15.0. The Labute approximate surface area is 167 Å². The molecule has 0 aliphatic rings. The van der Waals surface area contributed by atoms with Gasteiger partial charge in [-0.25, -0.2) is 9.78 Å². The molecule has 0 aliphatic carbocycles. The third kappa shape index (κ3) is 4.69. The maximum Gasteiger partial charge on any atom is 0.341 e. The molecule has 2 N–H and O–H groups in total. The van der Waals surface area contributed by atoms with Crippen molar-refractivity contribution in [1.29, 1.82) is 0 Å². The number of hydrogen-bond donors (Lipinski definition) is 2. The van der Waals surface area contributed by atoms with Crippen molar-refractivity contribution in [3.8, 4) is 10.4 Å². The van der Waals surface area contributed by atoms with Gasteiger partial charge in [0.15, 0.2) is 5.11 Å². The van der Waals surface area contributed by atoms with Crippen LogP contribution in [0.4, 0.5) is 10.8 Å². The minimum atomic E-state index is -0.379. The van der Waals surface area contributed by atoms with Crippen molar-refractivity contribution in [2.45, 2.75) is 13.8 Å². The number of nitrogens with zero attached hydrogens (tertiary/aromatic N) is 1. The first-order valence-corrected chi connectivity index (χ1v) is 9.67. The van der Waals surface area contributed by atoms with Gasteiger partial charge in [-0.1, -0.05) is 36.4 Å². The number of benzene rings is 1. The number of esters is 1. The number of carbonyl (C=O) groups excluding carboxylic acids is 1. The predicted molar refractivity (Wildman–Crippen MR) is 115 cm³/mol. The number of hydrogen-bond acceptors (Lipinski definition) is 5. The lowest BCUT2D eigenvalue weighted by Crippen LogP contribution is -2.21. The summed E-state index contributed by atoms with van der Waals surface area (Å²) in [5.41, 5.74) is 2.46. The van der Waals surface area contributed by atoms with Crippen molar-refractivity contribution < 1.29 is 9.53 Å². The first-order chi connectivity index (χ1) is 13.1. The molecule has 1 aromatic carbocycles. The highest BCUT2D eigenvalue weighted by molar-refractivity contribution is 7.80. The summed E-state index contributed by atoms with van der Waals surface area (Å²) < 4.78 is 5.19. The SMILES string of the molecule is CCOC(=O)c1cc(-c2ccccc2)sc1NC(=S)Nc1ncccc1C. The van der Waals surface area contributed by atoms with Gasteiger partial charge in [-0.3, -0.25) is 0 Å². The molecule has 0 spiro atoms. The average molecular weight is 398 g/mol. The Kier molecular flexibility index (Phi) is 6.16. The molecule has 2 heterocycles. The molecule has 0 fully saturated rings. The van der Waals surface area contributed by atoms with Crippen LogP contribution in [0.1, 0.15) is 22.8 Å². The van der Waals surface area contributed by atoms with E-state index in [9.17, 15) is 4.79 Å². The van der Waals surface area contributed by atoms with Gasteiger partial charge in [0.25, 0.3) is 0 Å². The topological polar surface area (TPSA) is 63.2 Å². The maximum absolute atomic E-state index is 12.4. The third-order valence-corrected chi connectivity index (χ3v) is 5.06. The number of thiophene rings is 1. The highest BCUT2D eigenvalue weighted by Crippen LogP contribution is 2.36. The zero-order chi connectivity index (χ0) is 19.2. The van der Waals surface area contributed by atoms with E-state index < -0.39 is 0 Å². The van der Waals surface area contributed by atoms with E-state index in [0.717, 1.165) is 16.0 Å². The molecule has 3 rings (SSSR count). The van der Waals surface area contributed by atoms with Crippen LogP contribution in [0.5, 0.6) is 0 Å². The Balaban J connectivity index is 1.86. The summed E-state index contributed by atoms with van der Waals surface area (Å²) in [7, 11) is 0. The molecular weight excluding hydrogens is 378 g/mol. The lowest BCUT2D eigenvalue weighted by atomic mass is 10.1. The Morgan fingerprint density at radius 3 is 2.67 bits per heavy atom. The fraction of sp³-hybridized carbons (Fsp3) is 0.150. The molecule has 0 amide bonds. The van der Waals surface area contributed by atoms with E-state index in [4.69, 9.17) is 17.0 Å². The van der Waals surface area contributed by atoms with E-state index in [-0.39, 0.29) is 5.97 Å². The molecule has 0 atom stereocenters. The zero-order valence-corrected chi connectivity index (χ0v) is 16.6. The normalized spacial score (nSPS) is 10.3. The van der Waals surface area contributed by atoms with Gasteiger partial charge in [0.2, 0.25) is 0 Å². The third-order valence-electron chi connectivity index (χ3n) is 3.75. The van der Waals surface area contributed by atoms with Crippen LogP contribution in [-0.2, 0) is 4.74 Å². The van der Waals surface area contributed by atoms with E-state index >= 15 is 0 Å². The van der Waals surface area contributed by atoms with E-state index in [0.29, 0.717) is 28.1 Å². The van der Waals surface area contributed by atoms with Crippen LogP contribution in [0.15, 0.2) is 54.7 Å². The highest BCUT2D eigenvalue weighted by atomic mass is 32.1. The average Bonchev–Trinajstić information content (AvgIpc) is 3.08. The van der Waals surface area contributed by atoms with E-state index in [2.05, 4.69) is 15.6 Å². The number of aromatic nitrogens is 1. The summed E-state index contributed by atoms with van der Waals surface area (Å²) in [5.74, 6) is 0.294. The van der Waals surface area contributed by atoms with Crippen LogP contribution in [0.3, 0.4) is 0 Å². The molecule has 27 heavy (non-hydrogen) atoms. The summed E-state index contributed by atoms with van der Waals surface area (Å²) in [4.78, 5) is 17.6. The highest BCUT2D eigenvalue weighted by Gasteiger charge is 2.19. The second-order valence-corrected chi connectivity index (χ2v) is 7.15. The van der Waals surface area contributed by atoms with Gasteiger partial charge in [0.1, 0.15) is 10.8 Å². The van der Waals surface area contributed by atoms with Crippen molar-refractivity contribution in [1.82, 2.24) is 4.98 Å². The molecule has 0 aliphatic heterocycles. The molecule has 0 unspecified atom stereocenters. The van der Waals surface area contributed by atoms with Crippen molar-refractivity contribution in [3.63, 3.8) is 0 Å². The van der Waals surface area contributed by atoms with Gasteiger partial charge in [-0.15, -0.1) is 11.3 Å². The number of anilines is 2. The van der Waals surface area contributed by atoms with Gasteiger partial charge in [-0.2, -0.15) is 0 Å². The Hall–Kier alpha value is -2.77. The quantitative estimate of drug-likeness (QED) is 0.461. The number of rotatable bonds is 5. The van der Waals surface area contributed by atoms with Crippen LogP contribution < -0.4 is 10.6 Å². The van der Waals surface area contributed by atoms with Crippen LogP contribution in [0.25, 0.3) is 10.4 Å². The van der Waals surface area contributed by atoms with E-state index in [1.165, 1.54) is 11.3 Å². The van der Waals surface area contributed by atoms with Gasteiger partial charge in [0.05, 0.1) is 12.2 Å². The molecule has 7 heteroatoms. The summed E-state index contributed by atoms with van der Waals surface area (Å²) in [6.45, 7) is 4.04. The van der Waals surface area contributed by atoms with Gasteiger partial charge in [-0.05, 0) is 49.3 Å². The second-order valence-electron chi connectivity index (χ2n) is 5.69. The van der Waals surface area contributed by atoms with E-state index in [1.54, 1.807) is 13.1 Å². The largest absolute Gasteiger partial charge is 0.462 e. The van der Waals surface area contributed by atoms with Crippen molar-refractivity contribution in [3.05, 3.63) is 65.9 Å². The summed E-state index contributed by atoms with van der Waals surface area (Å²) in [6.07, 6.45) is 1.70. The van der Waals surface area contributed by atoms with Crippen molar-refractivity contribution in [2.75, 3.05) is 17.2 Å². The van der Waals surface area contributed by atoms with Crippen molar-refractivity contribution >= 4 is 45.5 Å². The number of aryl methyl sites for hydroxylation is 1. The lowest BCUT2D eigenvalue weighted by molar-refractivity contribution is 0.0528. The standard InChI is InChI=1S/C20H19N3O2S2/c1-3-25-19(24)15-12-16(14-9-5-4-6-10-14)27-18(15)23-20(26)22-17-13(2)8-7-11-21-17/h4-12H,3H2,1-2H3,(H2,21,22,23,26). The summed E-state index contributed by atoms with van der Waals surface area (Å²) >= 11 is 6.86. The molecule has 2 aromatic heterocycles.